The number of likely N-dealkylation sites (N-methyl/N-ethyl adjacent to an activating group) is 1. The molecule has 0 heterocycles. The molecule has 1 rings (SSSR count). The molecule has 0 fully saturated rings. The highest BCUT2D eigenvalue weighted by atomic mass is 16.5. The maximum atomic E-state index is 5.86. The third-order valence-corrected chi connectivity index (χ3v) is 2.95. The van der Waals surface area contributed by atoms with E-state index in [1.807, 2.05) is 18.2 Å². The number of nitrogens with zero attached hydrogens (tertiary/aromatic N) is 1. The summed E-state index contributed by atoms with van der Waals surface area (Å²) in [5, 5.41) is 3.33. The van der Waals surface area contributed by atoms with E-state index in [0.29, 0.717) is 6.61 Å². The van der Waals surface area contributed by atoms with Crippen LogP contribution in [0, 0.1) is 0 Å². The van der Waals surface area contributed by atoms with Gasteiger partial charge in [-0.1, -0.05) is 25.1 Å². The van der Waals surface area contributed by atoms with E-state index in [9.17, 15) is 0 Å². The molecule has 0 amide bonds. The molecule has 4 nitrogen and oxygen atoms in total. The smallest absolute Gasteiger partial charge is 0.123 e. The molecule has 0 saturated carbocycles. The molecule has 108 valence electrons. The van der Waals surface area contributed by atoms with Gasteiger partial charge in [-0.15, -0.1) is 0 Å². The molecule has 0 spiro atoms. The molecule has 0 aromatic heterocycles. The van der Waals surface area contributed by atoms with Crippen molar-refractivity contribution >= 4 is 0 Å². The van der Waals surface area contributed by atoms with E-state index in [2.05, 4.69) is 30.3 Å². The summed E-state index contributed by atoms with van der Waals surface area (Å²) >= 11 is 0. The molecule has 0 radical (unpaired) electrons. The van der Waals surface area contributed by atoms with Crippen molar-refractivity contribution < 1.29 is 9.47 Å². The maximum Gasteiger partial charge on any atom is 0.123 e. The second kappa shape index (κ2) is 9.78. The third-order valence-electron chi connectivity index (χ3n) is 2.95. The highest BCUT2D eigenvalue weighted by molar-refractivity contribution is 5.33. The van der Waals surface area contributed by atoms with Crippen molar-refractivity contribution in [3.8, 4) is 5.75 Å². The average molecular weight is 266 g/mol. The molecule has 0 aliphatic rings. The molecule has 0 unspecified atom stereocenters. The molecular weight excluding hydrogens is 240 g/mol. The number of ether oxygens (including phenoxy) is 2. The lowest BCUT2D eigenvalue weighted by atomic mass is 10.2. The largest absolute Gasteiger partial charge is 0.492 e. The van der Waals surface area contributed by atoms with Gasteiger partial charge in [0.15, 0.2) is 0 Å². The molecule has 1 aromatic rings. The summed E-state index contributed by atoms with van der Waals surface area (Å²) in [6.07, 6.45) is 0. The molecular formula is C15H26N2O2. The second-order valence-corrected chi connectivity index (χ2v) is 4.53. The monoisotopic (exact) mass is 266 g/mol. The zero-order chi connectivity index (χ0) is 13.9. The quantitative estimate of drug-likeness (QED) is 0.699. The summed E-state index contributed by atoms with van der Waals surface area (Å²) < 4.78 is 10.9. The number of para-hydroxylation sites is 1. The molecule has 0 aliphatic carbocycles. The molecule has 1 aromatic carbocycles. The van der Waals surface area contributed by atoms with E-state index in [-0.39, 0.29) is 0 Å². The van der Waals surface area contributed by atoms with Gasteiger partial charge in [0.05, 0.1) is 6.61 Å². The van der Waals surface area contributed by atoms with Crippen LogP contribution in [0.2, 0.25) is 0 Å². The van der Waals surface area contributed by atoms with Gasteiger partial charge >= 0.3 is 0 Å². The fourth-order valence-corrected chi connectivity index (χ4v) is 1.72. The van der Waals surface area contributed by atoms with Crippen molar-refractivity contribution in [1.29, 1.82) is 0 Å². The number of hydrogen-bond acceptors (Lipinski definition) is 4. The van der Waals surface area contributed by atoms with Crippen LogP contribution < -0.4 is 10.1 Å². The van der Waals surface area contributed by atoms with Crippen molar-refractivity contribution in [3.63, 3.8) is 0 Å². The number of hydrogen-bond donors (Lipinski definition) is 1. The highest BCUT2D eigenvalue weighted by Gasteiger charge is 2.03. The van der Waals surface area contributed by atoms with Crippen molar-refractivity contribution in [3.05, 3.63) is 29.8 Å². The topological polar surface area (TPSA) is 33.7 Å². The van der Waals surface area contributed by atoms with Gasteiger partial charge in [0, 0.05) is 32.3 Å². The van der Waals surface area contributed by atoms with Crippen molar-refractivity contribution in [2.75, 3.05) is 47.0 Å². The van der Waals surface area contributed by atoms with Gasteiger partial charge in [0.2, 0.25) is 0 Å². The maximum absolute atomic E-state index is 5.86. The fraction of sp³-hybridized carbons (Fsp3) is 0.600. The summed E-state index contributed by atoms with van der Waals surface area (Å²) in [5.41, 5.74) is 1.21. The fourth-order valence-electron chi connectivity index (χ4n) is 1.72. The molecule has 19 heavy (non-hydrogen) atoms. The van der Waals surface area contributed by atoms with E-state index < -0.39 is 0 Å². The molecule has 0 aliphatic heterocycles. The number of rotatable bonds is 10. The first kappa shape index (κ1) is 16.0. The van der Waals surface area contributed by atoms with Crippen LogP contribution in [-0.2, 0) is 11.3 Å². The molecule has 0 bridgehead atoms. The lowest BCUT2D eigenvalue weighted by Crippen LogP contribution is -2.27. The lowest BCUT2D eigenvalue weighted by Gasteiger charge is -2.17. The summed E-state index contributed by atoms with van der Waals surface area (Å²) in [6.45, 7) is 7.21. The summed E-state index contributed by atoms with van der Waals surface area (Å²) in [6, 6.07) is 8.19. The van der Waals surface area contributed by atoms with Gasteiger partial charge in [-0.05, 0) is 19.7 Å². The van der Waals surface area contributed by atoms with E-state index in [4.69, 9.17) is 9.47 Å². The van der Waals surface area contributed by atoms with Gasteiger partial charge in [-0.3, -0.25) is 0 Å². The van der Waals surface area contributed by atoms with Crippen molar-refractivity contribution in [2.45, 2.75) is 13.5 Å². The second-order valence-electron chi connectivity index (χ2n) is 4.53. The van der Waals surface area contributed by atoms with Crippen LogP contribution in [0.1, 0.15) is 12.5 Å². The zero-order valence-corrected chi connectivity index (χ0v) is 12.3. The Labute approximate surface area is 116 Å². The first-order valence-corrected chi connectivity index (χ1v) is 6.86. The van der Waals surface area contributed by atoms with Crippen LogP contribution in [0.25, 0.3) is 0 Å². The first-order chi connectivity index (χ1) is 9.27. The number of nitrogens with one attached hydrogen (secondary N) is 1. The minimum atomic E-state index is 0.698. The lowest BCUT2D eigenvalue weighted by molar-refractivity contribution is 0.150. The minimum Gasteiger partial charge on any atom is -0.492 e. The number of methoxy groups -OCH3 is 1. The number of benzene rings is 1. The van der Waals surface area contributed by atoms with Gasteiger partial charge in [0.1, 0.15) is 12.4 Å². The van der Waals surface area contributed by atoms with Crippen LogP contribution in [0.5, 0.6) is 5.75 Å². The van der Waals surface area contributed by atoms with Crippen molar-refractivity contribution in [1.82, 2.24) is 10.2 Å². The predicted molar refractivity (Wildman–Crippen MR) is 78.7 cm³/mol. The zero-order valence-electron chi connectivity index (χ0n) is 12.3. The summed E-state index contributed by atoms with van der Waals surface area (Å²) in [4.78, 5) is 2.20. The van der Waals surface area contributed by atoms with Crippen LogP contribution >= 0.6 is 0 Å². The van der Waals surface area contributed by atoms with E-state index in [1.165, 1.54) is 5.56 Å². The summed E-state index contributed by atoms with van der Waals surface area (Å²) in [7, 11) is 3.80. The summed E-state index contributed by atoms with van der Waals surface area (Å²) in [5.74, 6) is 0.976. The van der Waals surface area contributed by atoms with Crippen molar-refractivity contribution in [2.24, 2.45) is 0 Å². The SMILES string of the molecule is CCNCc1ccccc1OCCN(C)CCOC. The Hall–Kier alpha value is -1.10. The molecule has 0 saturated heterocycles. The Morgan fingerprint density at radius 2 is 1.89 bits per heavy atom. The Morgan fingerprint density at radius 3 is 2.63 bits per heavy atom. The van der Waals surface area contributed by atoms with Crippen LogP contribution in [0.4, 0.5) is 0 Å². The Morgan fingerprint density at radius 1 is 1.16 bits per heavy atom. The van der Waals surface area contributed by atoms with E-state index >= 15 is 0 Å². The Balaban J connectivity index is 2.35. The Bertz CT molecular complexity index is 345. The average Bonchev–Trinajstić information content (AvgIpc) is 2.44. The molecule has 0 atom stereocenters. The molecule has 1 N–H and O–H groups in total. The van der Waals surface area contributed by atoms with Gasteiger partial charge in [0.25, 0.3) is 0 Å². The standard InChI is InChI=1S/C15H26N2O2/c1-4-16-13-14-7-5-6-8-15(14)19-12-10-17(2)9-11-18-3/h5-8,16H,4,9-13H2,1-3H3. The highest BCUT2D eigenvalue weighted by Crippen LogP contribution is 2.17. The van der Waals surface area contributed by atoms with Gasteiger partial charge < -0.3 is 19.7 Å². The van der Waals surface area contributed by atoms with Crippen LogP contribution in [0.15, 0.2) is 24.3 Å². The minimum absolute atomic E-state index is 0.698. The normalized spacial score (nSPS) is 10.9. The predicted octanol–water partition coefficient (Wildman–Crippen LogP) is 1.75. The van der Waals surface area contributed by atoms with E-state index in [0.717, 1.165) is 38.5 Å². The molecule has 4 heteroatoms. The van der Waals surface area contributed by atoms with Gasteiger partial charge in [-0.25, -0.2) is 0 Å². The van der Waals surface area contributed by atoms with Crippen LogP contribution in [0.3, 0.4) is 0 Å². The van der Waals surface area contributed by atoms with Gasteiger partial charge in [-0.2, -0.15) is 0 Å². The van der Waals surface area contributed by atoms with E-state index in [1.54, 1.807) is 7.11 Å². The first-order valence-electron chi connectivity index (χ1n) is 6.86. The Kier molecular flexibility index (Phi) is 8.21. The third kappa shape index (κ3) is 6.57. The van der Waals surface area contributed by atoms with Crippen LogP contribution in [-0.4, -0.2) is 51.9 Å².